The lowest BCUT2D eigenvalue weighted by atomic mass is 10.1. The highest BCUT2D eigenvalue weighted by atomic mass is 35.5. The molecular weight excluding hydrogens is 497 g/mol. The van der Waals surface area contributed by atoms with Gasteiger partial charge in [0.05, 0.1) is 5.69 Å². The minimum absolute atomic E-state index is 0.0571. The molecule has 1 fully saturated rings. The molecule has 2 heterocycles. The Balaban J connectivity index is 1.35. The van der Waals surface area contributed by atoms with Crippen molar-refractivity contribution in [3.8, 4) is 0 Å². The van der Waals surface area contributed by atoms with Gasteiger partial charge in [0, 0.05) is 50.1 Å². The SMILES string of the molecule is CC(C)CCNC(=O)c1cccc(CSc2nc(Cl)cc(N3CCN(c4ccccc4F)CC3)n2)c1. The van der Waals surface area contributed by atoms with Gasteiger partial charge in [-0.3, -0.25) is 4.79 Å². The van der Waals surface area contributed by atoms with Crippen LogP contribution in [0.5, 0.6) is 0 Å². The average molecular weight is 528 g/mol. The van der Waals surface area contributed by atoms with Gasteiger partial charge in [-0.1, -0.05) is 61.5 Å². The summed E-state index contributed by atoms with van der Waals surface area (Å²) in [5, 5.41) is 3.95. The van der Waals surface area contributed by atoms with E-state index >= 15 is 0 Å². The standard InChI is InChI=1S/C27H31ClFN5OS/c1-19(2)10-11-30-26(35)21-7-5-6-20(16-21)18-36-27-31-24(28)17-25(32-27)34-14-12-33(13-15-34)23-9-4-3-8-22(23)29/h3-9,16-17,19H,10-15,18H2,1-2H3,(H,30,35). The largest absolute Gasteiger partial charge is 0.366 e. The number of aromatic nitrogens is 2. The number of nitrogens with one attached hydrogen (secondary N) is 1. The number of rotatable bonds is 9. The second-order valence-electron chi connectivity index (χ2n) is 9.18. The van der Waals surface area contributed by atoms with Crippen molar-refractivity contribution in [1.29, 1.82) is 0 Å². The number of amides is 1. The van der Waals surface area contributed by atoms with E-state index < -0.39 is 0 Å². The molecule has 0 bridgehead atoms. The molecule has 1 aliphatic rings. The van der Waals surface area contributed by atoms with Gasteiger partial charge in [0.15, 0.2) is 5.16 Å². The van der Waals surface area contributed by atoms with Crippen LogP contribution in [0.25, 0.3) is 0 Å². The molecule has 1 aliphatic heterocycles. The van der Waals surface area contributed by atoms with Crippen molar-refractivity contribution in [3.05, 3.63) is 76.7 Å². The first kappa shape index (κ1) is 26.2. The number of thioether (sulfide) groups is 1. The number of benzene rings is 2. The van der Waals surface area contributed by atoms with E-state index in [1.165, 1.54) is 17.8 Å². The lowest BCUT2D eigenvalue weighted by Crippen LogP contribution is -2.47. The summed E-state index contributed by atoms with van der Waals surface area (Å²) in [6.07, 6.45) is 0.952. The van der Waals surface area contributed by atoms with E-state index in [0.29, 0.717) is 66.0 Å². The van der Waals surface area contributed by atoms with Crippen LogP contribution in [0.15, 0.2) is 59.8 Å². The summed E-state index contributed by atoms with van der Waals surface area (Å²) in [5.41, 5.74) is 2.29. The third-order valence-electron chi connectivity index (χ3n) is 6.02. The van der Waals surface area contributed by atoms with E-state index in [4.69, 9.17) is 16.6 Å². The van der Waals surface area contributed by atoms with Crippen molar-refractivity contribution < 1.29 is 9.18 Å². The number of para-hydroxylation sites is 1. The van der Waals surface area contributed by atoms with Crippen molar-refractivity contribution in [3.63, 3.8) is 0 Å². The first-order valence-corrected chi connectivity index (χ1v) is 13.5. The van der Waals surface area contributed by atoms with Crippen LogP contribution in [-0.2, 0) is 5.75 Å². The molecule has 0 aliphatic carbocycles. The molecule has 0 atom stereocenters. The molecule has 0 unspecified atom stereocenters. The fourth-order valence-electron chi connectivity index (χ4n) is 4.02. The number of halogens is 2. The van der Waals surface area contributed by atoms with Crippen LogP contribution in [0.4, 0.5) is 15.9 Å². The monoisotopic (exact) mass is 527 g/mol. The molecule has 1 aromatic heterocycles. The highest BCUT2D eigenvalue weighted by molar-refractivity contribution is 7.98. The molecule has 3 aromatic rings. The molecule has 36 heavy (non-hydrogen) atoms. The molecule has 0 radical (unpaired) electrons. The Hall–Kier alpha value is -2.84. The van der Waals surface area contributed by atoms with Crippen LogP contribution in [-0.4, -0.2) is 48.6 Å². The third-order valence-corrected chi connectivity index (χ3v) is 7.13. The van der Waals surface area contributed by atoms with Crippen molar-refractivity contribution >= 4 is 40.8 Å². The highest BCUT2D eigenvalue weighted by Gasteiger charge is 2.21. The van der Waals surface area contributed by atoms with Crippen LogP contribution in [0, 0.1) is 11.7 Å². The fraction of sp³-hybridized carbons (Fsp3) is 0.370. The lowest BCUT2D eigenvalue weighted by molar-refractivity contribution is 0.0952. The zero-order valence-corrected chi connectivity index (χ0v) is 22.2. The topological polar surface area (TPSA) is 61.4 Å². The molecule has 1 amide bonds. The molecule has 9 heteroatoms. The van der Waals surface area contributed by atoms with E-state index in [-0.39, 0.29) is 11.7 Å². The lowest BCUT2D eigenvalue weighted by Gasteiger charge is -2.36. The summed E-state index contributed by atoms with van der Waals surface area (Å²) in [7, 11) is 0. The fourth-order valence-corrected chi connectivity index (χ4v) is 5.05. The second kappa shape index (κ2) is 12.4. The molecule has 6 nitrogen and oxygen atoms in total. The van der Waals surface area contributed by atoms with Crippen molar-refractivity contribution in [2.24, 2.45) is 5.92 Å². The number of carbonyl (C=O) groups excluding carboxylic acids is 1. The number of anilines is 2. The van der Waals surface area contributed by atoms with Crippen molar-refractivity contribution in [2.75, 3.05) is 42.5 Å². The molecule has 190 valence electrons. The maximum absolute atomic E-state index is 14.2. The normalized spacial score (nSPS) is 13.8. The number of nitrogens with zero attached hydrogens (tertiary/aromatic N) is 4. The number of hydrogen-bond donors (Lipinski definition) is 1. The summed E-state index contributed by atoms with van der Waals surface area (Å²) in [6.45, 7) is 7.75. The molecule has 0 spiro atoms. The minimum atomic E-state index is -0.202. The maximum Gasteiger partial charge on any atom is 0.251 e. The first-order valence-electron chi connectivity index (χ1n) is 12.2. The highest BCUT2D eigenvalue weighted by Crippen LogP contribution is 2.27. The maximum atomic E-state index is 14.2. The summed E-state index contributed by atoms with van der Waals surface area (Å²) in [4.78, 5) is 25.8. The van der Waals surface area contributed by atoms with Gasteiger partial charge in [-0.05, 0) is 42.2 Å². The summed E-state index contributed by atoms with van der Waals surface area (Å²) >= 11 is 7.81. The molecule has 4 rings (SSSR count). The number of hydrogen-bond acceptors (Lipinski definition) is 6. The van der Waals surface area contributed by atoms with Gasteiger partial charge in [0.2, 0.25) is 0 Å². The van der Waals surface area contributed by atoms with Gasteiger partial charge in [-0.25, -0.2) is 14.4 Å². The van der Waals surface area contributed by atoms with Gasteiger partial charge in [-0.2, -0.15) is 0 Å². The van der Waals surface area contributed by atoms with Gasteiger partial charge in [-0.15, -0.1) is 0 Å². The van der Waals surface area contributed by atoms with E-state index in [9.17, 15) is 9.18 Å². The molecular formula is C27H31ClFN5OS. The van der Waals surface area contributed by atoms with Gasteiger partial charge >= 0.3 is 0 Å². The zero-order chi connectivity index (χ0) is 25.5. The van der Waals surface area contributed by atoms with Gasteiger partial charge < -0.3 is 15.1 Å². The predicted molar refractivity (Wildman–Crippen MR) is 146 cm³/mol. The summed E-state index contributed by atoms with van der Waals surface area (Å²) < 4.78 is 14.2. The minimum Gasteiger partial charge on any atom is -0.366 e. The summed E-state index contributed by atoms with van der Waals surface area (Å²) in [5.74, 6) is 1.67. The van der Waals surface area contributed by atoms with Crippen LogP contribution in [0.1, 0.15) is 36.2 Å². The Morgan fingerprint density at radius 3 is 2.56 bits per heavy atom. The van der Waals surface area contributed by atoms with Gasteiger partial charge in [0.25, 0.3) is 5.91 Å². The Kier molecular flexibility index (Phi) is 9.04. The Morgan fingerprint density at radius 2 is 1.81 bits per heavy atom. The van der Waals surface area contributed by atoms with E-state index in [2.05, 4.69) is 33.9 Å². The van der Waals surface area contributed by atoms with Crippen LogP contribution >= 0.6 is 23.4 Å². The first-order chi connectivity index (χ1) is 17.4. The quantitative estimate of drug-likeness (QED) is 0.220. The van der Waals surface area contributed by atoms with Gasteiger partial charge in [0.1, 0.15) is 16.8 Å². The molecule has 1 saturated heterocycles. The second-order valence-corrected chi connectivity index (χ2v) is 10.5. The van der Waals surface area contributed by atoms with Crippen molar-refractivity contribution in [1.82, 2.24) is 15.3 Å². The molecule has 1 N–H and O–H groups in total. The van der Waals surface area contributed by atoms with Crippen LogP contribution < -0.4 is 15.1 Å². The predicted octanol–water partition coefficient (Wildman–Crippen LogP) is 5.66. The van der Waals surface area contributed by atoms with E-state index in [1.54, 1.807) is 12.1 Å². The smallest absolute Gasteiger partial charge is 0.251 e. The van der Waals surface area contributed by atoms with E-state index in [0.717, 1.165) is 17.8 Å². The number of piperazine rings is 1. The van der Waals surface area contributed by atoms with Crippen molar-refractivity contribution in [2.45, 2.75) is 31.2 Å². The van der Waals surface area contributed by atoms with E-state index in [1.807, 2.05) is 36.4 Å². The Morgan fingerprint density at radius 1 is 1.06 bits per heavy atom. The third kappa shape index (κ3) is 7.11. The van der Waals surface area contributed by atoms with Crippen LogP contribution in [0.2, 0.25) is 5.15 Å². The molecule has 2 aromatic carbocycles. The summed E-state index contributed by atoms with van der Waals surface area (Å²) in [6, 6.07) is 16.3. The zero-order valence-electron chi connectivity index (χ0n) is 20.6. The Bertz CT molecular complexity index is 1190. The molecule has 0 saturated carbocycles. The number of carbonyl (C=O) groups is 1. The van der Waals surface area contributed by atoms with Crippen LogP contribution in [0.3, 0.4) is 0 Å². The Labute approximate surface area is 221 Å². The average Bonchev–Trinajstić information content (AvgIpc) is 2.87.